The second kappa shape index (κ2) is 9.95. The highest BCUT2D eigenvalue weighted by molar-refractivity contribution is 5.68. The number of methoxy groups -OCH3 is 1. The summed E-state index contributed by atoms with van der Waals surface area (Å²) in [6, 6.07) is 0. The molecule has 0 amide bonds. The third-order valence-electron chi connectivity index (χ3n) is 5.08. The molecule has 2 N–H and O–H groups in total. The predicted octanol–water partition coefficient (Wildman–Crippen LogP) is 1.94. The molecule has 1 aliphatic rings. The Morgan fingerprint density at radius 3 is 2.59 bits per heavy atom. The SMILES string of the molecule is COC(=O)CCCCCCC1C(C=O)C(C)CC1C(O)CO. The minimum absolute atomic E-state index is 0.0127. The Balaban J connectivity index is 2.36. The molecule has 0 radical (unpaired) electrons. The van der Waals surface area contributed by atoms with Gasteiger partial charge < -0.3 is 19.7 Å². The summed E-state index contributed by atoms with van der Waals surface area (Å²) in [6.45, 7) is 1.81. The van der Waals surface area contributed by atoms with Gasteiger partial charge in [-0.25, -0.2) is 0 Å². The van der Waals surface area contributed by atoms with Gasteiger partial charge in [0.2, 0.25) is 0 Å². The molecule has 5 nitrogen and oxygen atoms in total. The van der Waals surface area contributed by atoms with Crippen molar-refractivity contribution in [3.63, 3.8) is 0 Å². The van der Waals surface area contributed by atoms with Crippen molar-refractivity contribution in [2.45, 2.75) is 58.0 Å². The maximum atomic E-state index is 11.3. The van der Waals surface area contributed by atoms with Gasteiger partial charge in [0.1, 0.15) is 6.29 Å². The van der Waals surface area contributed by atoms with Gasteiger partial charge in [0.15, 0.2) is 0 Å². The fraction of sp³-hybridized carbons (Fsp3) is 0.882. The van der Waals surface area contributed by atoms with Crippen LogP contribution in [0.3, 0.4) is 0 Å². The first-order valence-electron chi connectivity index (χ1n) is 8.36. The monoisotopic (exact) mass is 314 g/mol. The fourth-order valence-corrected chi connectivity index (χ4v) is 3.79. The average molecular weight is 314 g/mol. The first-order valence-corrected chi connectivity index (χ1v) is 8.36. The summed E-state index contributed by atoms with van der Waals surface area (Å²) < 4.78 is 4.60. The first-order chi connectivity index (χ1) is 10.5. The molecule has 1 saturated carbocycles. The zero-order valence-electron chi connectivity index (χ0n) is 13.7. The van der Waals surface area contributed by atoms with Crippen LogP contribution in [0.4, 0.5) is 0 Å². The zero-order chi connectivity index (χ0) is 16.5. The summed E-state index contributed by atoms with van der Waals surface area (Å²) in [6.07, 6.45) is 6.25. The smallest absolute Gasteiger partial charge is 0.305 e. The largest absolute Gasteiger partial charge is 0.469 e. The molecule has 0 aliphatic heterocycles. The predicted molar refractivity (Wildman–Crippen MR) is 83.1 cm³/mol. The van der Waals surface area contributed by atoms with Crippen LogP contribution in [0.15, 0.2) is 0 Å². The first kappa shape index (κ1) is 19.1. The van der Waals surface area contributed by atoms with Crippen molar-refractivity contribution in [3.8, 4) is 0 Å². The van der Waals surface area contributed by atoms with E-state index in [1.54, 1.807) is 0 Å². The molecule has 0 spiro atoms. The Hall–Kier alpha value is -0.940. The summed E-state index contributed by atoms with van der Waals surface area (Å²) in [5.74, 6) is 0.270. The van der Waals surface area contributed by atoms with Gasteiger partial charge in [-0.2, -0.15) is 0 Å². The van der Waals surface area contributed by atoms with Crippen molar-refractivity contribution >= 4 is 12.3 Å². The van der Waals surface area contributed by atoms with Crippen LogP contribution in [-0.4, -0.2) is 42.3 Å². The van der Waals surface area contributed by atoms with Crippen LogP contribution in [0.2, 0.25) is 0 Å². The highest BCUT2D eigenvalue weighted by Gasteiger charge is 2.43. The average Bonchev–Trinajstić information content (AvgIpc) is 2.85. The topological polar surface area (TPSA) is 83.8 Å². The summed E-state index contributed by atoms with van der Waals surface area (Å²) in [5.41, 5.74) is 0. The summed E-state index contributed by atoms with van der Waals surface area (Å²) in [4.78, 5) is 22.3. The molecule has 0 bridgehead atoms. The Labute approximate surface area is 133 Å². The van der Waals surface area contributed by atoms with E-state index in [1.165, 1.54) is 7.11 Å². The van der Waals surface area contributed by atoms with E-state index in [9.17, 15) is 19.8 Å². The van der Waals surface area contributed by atoms with Crippen molar-refractivity contribution in [1.82, 2.24) is 0 Å². The number of aliphatic hydroxyl groups is 2. The second-order valence-corrected chi connectivity index (χ2v) is 6.53. The number of hydrogen-bond donors (Lipinski definition) is 2. The van der Waals surface area contributed by atoms with E-state index in [1.807, 2.05) is 6.92 Å². The van der Waals surface area contributed by atoms with Crippen LogP contribution in [-0.2, 0) is 14.3 Å². The van der Waals surface area contributed by atoms with E-state index >= 15 is 0 Å². The molecule has 1 fully saturated rings. The molecule has 0 aromatic carbocycles. The molecule has 1 rings (SSSR count). The highest BCUT2D eigenvalue weighted by atomic mass is 16.5. The van der Waals surface area contributed by atoms with E-state index < -0.39 is 6.10 Å². The third kappa shape index (κ3) is 5.36. The van der Waals surface area contributed by atoms with Crippen molar-refractivity contribution in [3.05, 3.63) is 0 Å². The number of aldehydes is 1. The third-order valence-corrected chi connectivity index (χ3v) is 5.08. The van der Waals surface area contributed by atoms with Crippen LogP contribution >= 0.6 is 0 Å². The van der Waals surface area contributed by atoms with E-state index in [2.05, 4.69) is 4.74 Å². The number of esters is 1. The maximum Gasteiger partial charge on any atom is 0.305 e. The highest BCUT2D eigenvalue weighted by Crippen LogP contribution is 2.44. The number of carbonyl (C=O) groups is 2. The zero-order valence-corrected chi connectivity index (χ0v) is 13.7. The van der Waals surface area contributed by atoms with Gasteiger partial charge in [0.25, 0.3) is 0 Å². The van der Waals surface area contributed by atoms with Crippen molar-refractivity contribution < 1.29 is 24.5 Å². The lowest BCUT2D eigenvalue weighted by Gasteiger charge is -2.25. The molecule has 0 saturated heterocycles. The van der Waals surface area contributed by atoms with Crippen LogP contribution < -0.4 is 0 Å². The van der Waals surface area contributed by atoms with E-state index in [0.717, 1.165) is 44.8 Å². The molecule has 1 aliphatic carbocycles. The summed E-state index contributed by atoms with van der Waals surface area (Å²) >= 11 is 0. The quantitative estimate of drug-likeness (QED) is 0.366. The number of hydrogen-bond acceptors (Lipinski definition) is 5. The van der Waals surface area contributed by atoms with Crippen LogP contribution in [0.1, 0.15) is 51.9 Å². The minimum Gasteiger partial charge on any atom is -0.469 e. The molecule has 5 unspecified atom stereocenters. The normalized spacial score (nSPS) is 29.3. The molecule has 0 heterocycles. The standard InChI is InChI=1S/C17H30O5/c1-12-9-14(16(20)11-19)13(15(12)10-18)7-5-3-4-6-8-17(21)22-2/h10,12-16,19-20H,3-9,11H2,1-2H3. The second-order valence-electron chi connectivity index (χ2n) is 6.53. The van der Waals surface area contributed by atoms with E-state index in [0.29, 0.717) is 6.42 Å². The molecule has 0 aromatic rings. The Morgan fingerprint density at radius 1 is 1.32 bits per heavy atom. The number of carbonyl (C=O) groups excluding carboxylic acids is 2. The lowest BCUT2D eigenvalue weighted by molar-refractivity contribution is -0.140. The van der Waals surface area contributed by atoms with Crippen LogP contribution in [0.5, 0.6) is 0 Å². The minimum atomic E-state index is -0.725. The van der Waals surface area contributed by atoms with Crippen molar-refractivity contribution in [2.24, 2.45) is 23.7 Å². The fourth-order valence-electron chi connectivity index (χ4n) is 3.79. The summed E-state index contributed by atoms with van der Waals surface area (Å²) in [7, 11) is 1.40. The molecular formula is C17H30O5. The number of unbranched alkanes of at least 4 members (excludes halogenated alkanes) is 3. The van der Waals surface area contributed by atoms with Gasteiger partial charge in [-0.1, -0.05) is 26.2 Å². The lowest BCUT2D eigenvalue weighted by Crippen LogP contribution is -2.29. The summed E-state index contributed by atoms with van der Waals surface area (Å²) in [5, 5.41) is 19.2. The van der Waals surface area contributed by atoms with Crippen molar-refractivity contribution in [1.29, 1.82) is 0 Å². The molecule has 5 atom stereocenters. The van der Waals surface area contributed by atoms with Gasteiger partial charge in [-0.05, 0) is 37.0 Å². The van der Waals surface area contributed by atoms with Crippen molar-refractivity contribution in [2.75, 3.05) is 13.7 Å². The van der Waals surface area contributed by atoms with Gasteiger partial charge in [0.05, 0.1) is 19.8 Å². The molecule has 5 heteroatoms. The Morgan fingerprint density at radius 2 is 2.00 bits per heavy atom. The molecule has 22 heavy (non-hydrogen) atoms. The number of aliphatic hydroxyl groups excluding tert-OH is 2. The number of rotatable bonds is 10. The van der Waals surface area contributed by atoms with Gasteiger partial charge in [-0.3, -0.25) is 4.79 Å². The lowest BCUT2D eigenvalue weighted by atomic mass is 9.82. The van der Waals surface area contributed by atoms with Gasteiger partial charge in [0, 0.05) is 12.3 Å². The van der Waals surface area contributed by atoms with Crippen LogP contribution in [0, 0.1) is 23.7 Å². The Bertz CT molecular complexity index is 344. The molecule has 0 aromatic heterocycles. The van der Waals surface area contributed by atoms with Gasteiger partial charge in [-0.15, -0.1) is 0 Å². The maximum absolute atomic E-state index is 11.3. The van der Waals surface area contributed by atoms with E-state index in [4.69, 9.17) is 0 Å². The molecular weight excluding hydrogens is 284 g/mol. The number of ether oxygens (including phenoxy) is 1. The van der Waals surface area contributed by atoms with E-state index in [-0.39, 0.29) is 36.2 Å². The Kier molecular flexibility index (Phi) is 8.64. The molecule has 128 valence electrons. The van der Waals surface area contributed by atoms with Gasteiger partial charge >= 0.3 is 5.97 Å². The van der Waals surface area contributed by atoms with Crippen LogP contribution in [0.25, 0.3) is 0 Å².